The standard InChI is InChI=1S/C20H22N2O2S/c1-21(2)19-10-6-9-16-17(19)11-12-20-18(16)13-14-22(20)25(23,24)15-7-4-3-5-8-15/h3-11,20H,12-14H2,1-2H3. The highest BCUT2D eigenvalue weighted by Crippen LogP contribution is 2.33. The summed E-state index contributed by atoms with van der Waals surface area (Å²) >= 11 is 0. The van der Waals surface area contributed by atoms with Gasteiger partial charge in [0.1, 0.15) is 0 Å². The van der Waals surface area contributed by atoms with Gasteiger partial charge in [0.15, 0.2) is 0 Å². The first-order chi connectivity index (χ1) is 12.0. The summed E-state index contributed by atoms with van der Waals surface area (Å²) in [6, 6.07) is 15.0. The Morgan fingerprint density at radius 2 is 1.80 bits per heavy atom. The fourth-order valence-corrected chi connectivity index (χ4v) is 5.64. The molecule has 0 bridgehead atoms. The summed E-state index contributed by atoms with van der Waals surface area (Å²) in [4.78, 5) is 2.49. The van der Waals surface area contributed by atoms with Crippen LogP contribution in [0.15, 0.2) is 53.4 Å². The zero-order valence-corrected chi connectivity index (χ0v) is 15.3. The molecule has 25 heavy (non-hydrogen) atoms. The molecule has 0 radical (unpaired) electrons. The van der Waals surface area contributed by atoms with Gasteiger partial charge >= 0.3 is 0 Å². The molecule has 0 saturated carbocycles. The van der Waals surface area contributed by atoms with Crippen LogP contribution in [0.2, 0.25) is 0 Å². The van der Waals surface area contributed by atoms with Gasteiger partial charge in [-0.05, 0) is 41.8 Å². The minimum atomic E-state index is -3.46. The molecule has 1 saturated heterocycles. The van der Waals surface area contributed by atoms with E-state index in [1.165, 1.54) is 21.7 Å². The molecule has 1 aliphatic heterocycles. The SMILES string of the molecule is CN(C)c1cccc2c1=CCC1C=2CCN1S(=O)(=O)c1ccccc1. The average molecular weight is 354 g/mol. The lowest BCUT2D eigenvalue weighted by Gasteiger charge is -2.26. The lowest BCUT2D eigenvalue weighted by molar-refractivity contribution is 0.418. The molecule has 5 heteroatoms. The molecule has 0 amide bonds. The van der Waals surface area contributed by atoms with Crippen molar-refractivity contribution >= 4 is 27.4 Å². The Labute approximate surface area is 148 Å². The van der Waals surface area contributed by atoms with Crippen LogP contribution >= 0.6 is 0 Å². The second-order valence-corrected chi connectivity index (χ2v) is 8.68. The molecule has 1 fully saturated rings. The Morgan fingerprint density at radius 3 is 2.52 bits per heavy atom. The highest BCUT2D eigenvalue weighted by Gasteiger charge is 2.38. The number of fused-ring (bicyclic) bond motifs is 2. The molecular weight excluding hydrogens is 332 g/mol. The van der Waals surface area contributed by atoms with Gasteiger partial charge in [-0.3, -0.25) is 0 Å². The number of nitrogens with zero attached hydrogens (tertiary/aromatic N) is 2. The zero-order valence-electron chi connectivity index (χ0n) is 14.5. The molecular formula is C20H22N2O2S. The second kappa shape index (κ2) is 6.00. The Hall–Kier alpha value is -2.11. The normalized spacial score (nSPS) is 19.9. The molecule has 0 N–H and O–H groups in total. The van der Waals surface area contributed by atoms with E-state index in [-0.39, 0.29) is 6.04 Å². The molecule has 1 heterocycles. The summed E-state index contributed by atoms with van der Waals surface area (Å²) in [6.45, 7) is 0.552. The van der Waals surface area contributed by atoms with Crippen molar-refractivity contribution in [1.82, 2.24) is 4.31 Å². The third-order valence-electron chi connectivity index (χ3n) is 5.16. The first kappa shape index (κ1) is 16.4. The number of rotatable bonds is 3. The first-order valence-electron chi connectivity index (χ1n) is 8.56. The quantitative estimate of drug-likeness (QED) is 0.840. The van der Waals surface area contributed by atoms with Gasteiger partial charge in [-0.2, -0.15) is 4.31 Å². The van der Waals surface area contributed by atoms with E-state index < -0.39 is 10.0 Å². The van der Waals surface area contributed by atoms with Crippen LogP contribution in [0.5, 0.6) is 0 Å². The van der Waals surface area contributed by atoms with Gasteiger partial charge in [-0.15, -0.1) is 0 Å². The number of hydrogen-bond donors (Lipinski definition) is 0. The lowest BCUT2D eigenvalue weighted by Crippen LogP contribution is -2.42. The predicted octanol–water partition coefficient (Wildman–Crippen LogP) is 1.55. The maximum Gasteiger partial charge on any atom is 0.243 e. The number of sulfonamides is 1. The molecule has 2 aromatic carbocycles. The molecule has 0 spiro atoms. The average Bonchev–Trinajstić information content (AvgIpc) is 3.07. The molecule has 1 unspecified atom stereocenters. The van der Waals surface area contributed by atoms with Crippen LogP contribution in [0.25, 0.3) is 11.6 Å². The van der Waals surface area contributed by atoms with Crippen molar-refractivity contribution < 1.29 is 8.42 Å². The highest BCUT2D eigenvalue weighted by atomic mass is 32.2. The van der Waals surface area contributed by atoms with E-state index in [0.717, 1.165) is 12.8 Å². The first-order valence-corrected chi connectivity index (χ1v) is 10.0. The molecule has 2 aromatic rings. The Kier molecular flexibility index (Phi) is 3.93. The van der Waals surface area contributed by atoms with Crippen molar-refractivity contribution in [1.29, 1.82) is 0 Å². The summed E-state index contributed by atoms with van der Waals surface area (Å²) in [5, 5.41) is 2.44. The van der Waals surface area contributed by atoms with Crippen LogP contribution in [0.3, 0.4) is 0 Å². The van der Waals surface area contributed by atoms with Crippen molar-refractivity contribution in [3.05, 3.63) is 59.0 Å². The fraction of sp³-hybridized carbons (Fsp3) is 0.300. The van der Waals surface area contributed by atoms with Gasteiger partial charge in [0.25, 0.3) is 0 Å². The molecule has 4 nitrogen and oxygen atoms in total. The summed E-state index contributed by atoms with van der Waals surface area (Å²) in [6.07, 6.45) is 3.73. The van der Waals surface area contributed by atoms with Crippen molar-refractivity contribution in [3.63, 3.8) is 0 Å². The van der Waals surface area contributed by atoms with E-state index in [0.29, 0.717) is 11.4 Å². The number of hydrogen-bond acceptors (Lipinski definition) is 3. The summed E-state index contributed by atoms with van der Waals surface area (Å²) in [5.74, 6) is 0. The summed E-state index contributed by atoms with van der Waals surface area (Å²) in [7, 11) is 0.629. The molecule has 4 rings (SSSR count). The Bertz CT molecular complexity index is 1030. The van der Waals surface area contributed by atoms with Gasteiger partial charge in [0.2, 0.25) is 10.0 Å². The van der Waals surface area contributed by atoms with Gasteiger partial charge in [-0.25, -0.2) is 8.42 Å². The minimum absolute atomic E-state index is 0.0601. The maximum atomic E-state index is 13.1. The third-order valence-corrected chi connectivity index (χ3v) is 7.08. The maximum absolute atomic E-state index is 13.1. The molecule has 0 aromatic heterocycles. The van der Waals surface area contributed by atoms with Crippen LogP contribution in [-0.2, 0) is 10.0 Å². The molecule has 1 aliphatic carbocycles. The van der Waals surface area contributed by atoms with Crippen molar-refractivity contribution in [2.24, 2.45) is 0 Å². The second-order valence-electron chi connectivity index (χ2n) is 6.79. The van der Waals surface area contributed by atoms with Gasteiger partial charge < -0.3 is 4.90 Å². The number of anilines is 1. The Balaban J connectivity index is 1.82. The lowest BCUT2D eigenvalue weighted by atomic mass is 9.95. The minimum Gasteiger partial charge on any atom is -0.377 e. The van der Waals surface area contributed by atoms with Crippen molar-refractivity contribution in [3.8, 4) is 0 Å². The molecule has 2 aliphatic rings. The van der Waals surface area contributed by atoms with Crippen molar-refractivity contribution in [2.75, 3.05) is 25.5 Å². The Morgan fingerprint density at radius 1 is 1.04 bits per heavy atom. The van der Waals surface area contributed by atoms with E-state index in [1.807, 2.05) is 20.2 Å². The van der Waals surface area contributed by atoms with E-state index in [9.17, 15) is 8.42 Å². The van der Waals surface area contributed by atoms with Crippen molar-refractivity contribution in [2.45, 2.75) is 23.8 Å². The fourth-order valence-electron chi connectivity index (χ4n) is 3.98. The zero-order chi connectivity index (χ0) is 17.6. The van der Waals surface area contributed by atoms with E-state index in [1.54, 1.807) is 28.6 Å². The third kappa shape index (κ3) is 2.58. The summed E-state index contributed by atoms with van der Waals surface area (Å²) < 4.78 is 27.8. The van der Waals surface area contributed by atoms with Gasteiger partial charge in [0.05, 0.1) is 10.9 Å². The van der Waals surface area contributed by atoms with Crippen LogP contribution in [0.4, 0.5) is 5.69 Å². The largest absolute Gasteiger partial charge is 0.377 e. The van der Waals surface area contributed by atoms with Crippen LogP contribution < -0.4 is 15.3 Å². The van der Waals surface area contributed by atoms with Crippen LogP contribution in [0, 0.1) is 0 Å². The summed E-state index contributed by atoms with van der Waals surface area (Å²) in [5.41, 5.74) is 2.44. The van der Waals surface area contributed by atoms with Gasteiger partial charge in [0, 0.05) is 31.5 Å². The van der Waals surface area contributed by atoms with Crippen LogP contribution in [-0.4, -0.2) is 39.4 Å². The monoisotopic (exact) mass is 354 g/mol. The molecule has 1 atom stereocenters. The van der Waals surface area contributed by atoms with E-state index >= 15 is 0 Å². The predicted molar refractivity (Wildman–Crippen MR) is 101 cm³/mol. The number of benzene rings is 2. The smallest absolute Gasteiger partial charge is 0.243 e. The van der Waals surface area contributed by atoms with Crippen LogP contribution in [0.1, 0.15) is 12.8 Å². The van der Waals surface area contributed by atoms with E-state index in [2.05, 4.69) is 29.2 Å². The van der Waals surface area contributed by atoms with Gasteiger partial charge in [-0.1, -0.05) is 36.4 Å². The molecule has 130 valence electrons. The topological polar surface area (TPSA) is 40.6 Å². The van der Waals surface area contributed by atoms with E-state index in [4.69, 9.17) is 0 Å². The highest BCUT2D eigenvalue weighted by molar-refractivity contribution is 7.89.